The molecule has 1 aliphatic rings. The molecule has 0 aliphatic carbocycles. The second-order valence-corrected chi connectivity index (χ2v) is 9.61. The summed E-state index contributed by atoms with van der Waals surface area (Å²) < 4.78 is 17.2. The van der Waals surface area contributed by atoms with Gasteiger partial charge in [0.2, 0.25) is 0 Å². The molecule has 1 amide bonds. The molecule has 1 heterocycles. The molecule has 0 spiro atoms. The maximum absolute atomic E-state index is 12.8. The van der Waals surface area contributed by atoms with Crippen molar-refractivity contribution in [2.45, 2.75) is 13.8 Å². The van der Waals surface area contributed by atoms with Crippen molar-refractivity contribution in [2.24, 2.45) is 4.99 Å². The van der Waals surface area contributed by atoms with Gasteiger partial charge in [-0.3, -0.25) is 4.79 Å². The number of rotatable bonds is 8. The number of hydrogen-bond donors (Lipinski definition) is 1. The molecule has 0 aromatic heterocycles. The number of aliphatic imine (C=N–C) groups is 1. The summed E-state index contributed by atoms with van der Waals surface area (Å²) >= 11 is 9.19. The SMILES string of the molecule is C#CCOc1c(I)cc(/C=C2/SC(=NC(=O)c3ccccc3Cl)C(C(=O)OCC)=C2O)cc1OCC. The van der Waals surface area contributed by atoms with Gasteiger partial charge in [0.25, 0.3) is 5.91 Å². The zero-order valence-corrected chi connectivity index (χ0v) is 23.1. The number of thioether (sulfide) groups is 1. The third kappa shape index (κ3) is 6.43. The first-order chi connectivity index (χ1) is 17.3. The van der Waals surface area contributed by atoms with E-state index in [1.807, 2.05) is 13.0 Å². The average molecular weight is 638 g/mol. The summed E-state index contributed by atoms with van der Waals surface area (Å²) in [6.45, 7) is 4.05. The highest BCUT2D eigenvalue weighted by Crippen LogP contribution is 2.41. The van der Waals surface area contributed by atoms with Crippen LogP contribution in [0.25, 0.3) is 6.08 Å². The lowest BCUT2D eigenvalue weighted by atomic mass is 10.1. The predicted octanol–water partition coefficient (Wildman–Crippen LogP) is 6.06. The molecule has 0 atom stereocenters. The summed E-state index contributed by atoms with van der Waals surface area (Å²) in [7, 11) is 0. The van der Waals surface area contributed by atoms with E-state index in [4.69, 9.17) is 32.2 Å². The van der Waals surface area contributed by atoms with E-state index in [9.17, 15) is 14.7 Å². The number of hydrogen-bond acceptors (Lipinski definition) is 7. The van der Waals surface area contributed by atoms with Gasteiger partial charge in [-0.1, -0.05) is 41.4 Å². The Morgan fingerprint density at radius 1 is 1.22 bits per heavy atom. The second-order valence-electron chi connectivity index (χ2n) is 7.01. The van der Waals surface area contributed by atoms with Crippen LogP contribution in [-0.4, -0.2) is 41.8 Å². The van der Waals surface area contributed by atoms with Crippen molar-refractivity contribution in [1.29, 1.82) is 0 Å². The number of benzene rings is 2. The summed E-state index contributed by atoms with van der Waals surface area (Å²) in [6, 6.07) is 9.97. The lowest BCUT2D eigenvalue weighted by molar-refractivity contribution is -0.138. The van der Waals surface area contributed by atoms with Crippen LogP contribution in [0, 0.1) is 15.9 Å². The summed E-state index contributed by atoms with van der Waals surface area (Å²) in [5.41, 5.74) is 0.639. The van der Waals surface area contributed by atoms with E-state index in [1.165, 1.54) is 6.07 Å². The van der Waals surface area contributed by atoms with E-state index < -0.39 is 11.9 Å². The minimum absolute atomic E-state index is 0.0100. The Morgan fingerprint density at radius 3 is 2.64 bits per heavy atom. The van der Waals surface area contributed by atoms with Crippen molar-refractivity contribution in [3.63, 3.8) is 0 Å². The third-order valence-corrected chi connectivity index (χ3v) is 6.76. The van der Waals surface area contributed by atoms with Crippen LogP contribution in [0.1, 0.15) is 29.8 Å². The molecule has 1 aliphatic heterocycles. The van der Waals surface area contributed by atoms with E-state index in [-0.39, 0.29) is 40.2 Å². The first kappa shape index (κ1) is 27.6. The van der Waals surface area contributed by atoms with E-state index in [0.717, 1.165) is 15.3 Å². The quantitative estimate of drug-likeness (QED) is 0.214. The van der Waals surface area contributed by atoms with Crippen LogP contribution in [0.3, 0.4) is 0 Å². The number of carbonyl (C=O) groups is 2. The molecule has 7 nitrogen and oxygen atoms in total. The molecule has 0 fully saturated rings. The molecule has 0 unspecified atom stereocenters. The summed E-state index contributed by atoms with van der Waals surface area (Å²) in [6.07, 6.45) is 6.96. The largest absolute Gasteiger partial charge is 0.506 e. The maximum Gasteiger partial charge on any atom is 0.344 e. The Kier molecular flexibility index (Phi) is 9.87. The molecule has 1 N–H and O–H groups in total. The van der Waals surface area contributed by atoms with Gasteiger partial charge in [-0.2, -0.15) is 0 Å². The highest BCUT2D eigenvalue weighted by atomic mass is 127. The minimum Gasteiger partial charge on any atom is -0.506 e. The Hall–Kier alpha value is -2.94. The topological polar surface area (TPSA) is 94.4 Å². The number of aliphatic hydroxyl groups is 1. The smallest absolute Gasteiger partial charge is 0.344 e. The van der Waals surface area contributed by atoms with Crippen LogP contribution in [-0.2, 0) is 9.53 Å². The lowest BCUT2D eigenvalue weighted by Crippen LogP contribution is -2.14. The van der Waals surface area contributed by atoms with Crippen LogP contribution in [0.2, 0.25) is 5.02 Å². The lowest BCUT2D eigenvalue weighted by Gasteiger charge is -2.13. The van der Waals surface area contributed by atoms with Crippen molar-refractivity contribution in [3.8, 4) is 23.8 Å². The average Bonchev–Trinajstić information content (AvgIpc) is 3.13. The summed E-state index contributed by atoms with van der Waals surface area (Å²) in [5.74, 6) is 1.63. The standard InChI is InChI=1S/C26H21ClINO6S/c1-4-11-35-23-18(28)12-15(13-19(23)33-5-2)14-20-22(30)21(26(32)34-6-3)25(36-20)29-24(31)16-9-7-8-10-17(16)27/h1,7-10,12-14,30H,5-6,11H2,2-3H3/b20-14+,29-25?. The number of terminal acetylenes is 1. The molecule has 186 valence electrons. The Bertz CT molecular complexity index is 1330. The molecule has 0 bridgehead atoms. The van der Waals surface area contributed by atoms with E-state index in [1.54, 1.807) is 37.3 Å². The zero-order chi connectivity index (χ0) is 26.2. The first-order valence-corrected chi connectivity index (χ1v) is 13.0. The molecule has 0 saturated carbocycles. The van der Waals surface area contributed by atoms with Gasteiger partial charge in [-0.05, 0) is 72.3 Å². The van der Waals surface area contributed by atoms with E-state index in [0.29, 0.717) is 28.6 Å². The van der Waals surface area contributed by atoms with Crippen molar-refractivity contribution in [2.75, 3.05) is 19.8 Å². The van der Waals surface area contributed by atoms with E-state index in [2.05, 4.69) is 33.5 Å². The normalized spacial score (nSPS) is 15.2. The molecule has 2 aromatic rings. The Labute approximate surface area is 231 Å². The minimum atomic E-state index is -0.792. The molecule has 10 heteroatoms. The highest BCUT2D eigenvalue weighted by Gasteiger charge is 2.34. The maximum atomic E-state index is 12.8. The molecule has 36 heavy (non-hydrogen) atoms. The van der Waals surface area contributed by atoms with Gasteiger partial charge in [0.1, 0.15) is 23.0 Å². The molecular formula is C26H21ClINO6S. The van der Waals surface area contributed by atoms with Crippen molar-refractivity contribution in [3.05, 3.63) is 72.4 Å². The van der Waals surface area contributed by atoms with Gasteiger partial charge in [-0.25, -0.2) is 9.79 Å². The fourth-order valence-corrected chi connectivity index (χ4v) is 5.13. The monoisotopic (exact) mass is 637 g/mol. The predicted molar refractivity (Wildman–Crippen MR) is 150 cm³/mol. The van der Waals surface area contributed by atoms with Gasteiger partial charge < -0.3 is 19.3 Å². The molecule has 0 radical (unpaired) electrons. The first-order valence-electron chi connectivity index (χ1n) is 10.7. The third-order valence-electron chi connectivity index (χ3n) is 4.61. The van der Waals surface area contributed by atoms with Gasteiger partial charge in [0, 0.05) is 0 Å². The van der Waals surface area contributed by atoms with Gasteiger partial charge in [-0.15, -0.1) is 6.42 Å². The number of ether oxygens (including phenoxy) is 3. The molecule has 2 aromatic carbocycles. The zero-order valence-electron chi connectivity index (χ0n) is 19.3. The van der Waals surface area contributed by atoms with Gasteiger partial charge in [0.05, 0.1) is 32.3 Å². The number of nitrogens with zero attached hydrogens (tertiary/aromatic N) is 1. The van der Waals surface area contributed by atoms with Crippen LogP contribution >= 0.6 is 46.0 Å². The van der Waals surface area contributed by atoms with E-state index >= 15 is 0 Å². The number of halogens is 2. The number of esters is 1. The Balaban J connectivity index is 2.06. The van der Waals surface area contributed by atoms with Crippen LogP contribution in [0.15, 0.2) is 57.6 Å². The summed E-state index contributed by atoms with van der Waals surface area (Å²) in [5, 5.41) is 11.2. The molecule has 0 saturated heterocycles. The van der Waals surface area contributed by atoms with Gasteiger partial charge >= 0.3 is 5.97 Å². The van der Waals surface area contributed by atoms with Crippen molar-refractivity contribution >= 4 is 68.9 Å². The van der Waals surface area contributed by atoms with Crippen LogP contribution in [0.4, 0.5) is 0 Å². The molecule has 3 rings (SSSR count). The second kappa shape index (κ2) is 12.9. The van der Waals surface area contributed by atoms with Crippen molar-refractivity contribution in [1.82, 2.24) is 0 Å². The number of amides is 1. The van der Waals surface area contributed by atoms with Gasteiger partial charge in [0.15, 0.2) is 11.5 Å². The Morgan fingerprint density at radius 2 is 1.97 bits per heavy atom. The van der Waals surface area contributed by atoms with Crippen LogP contribution in [0.5, 0.6) is 11.5 Å². The fourth-order valence-electron chi connectivity index (χ4n) is 3.12. The summed E-state index contributed by atoms with van der Waals surface area (Å²) in [4.78, 5) is 29.8. The fraction of sp³-hybridized carbons (Fsp3) is 0.192. The number of carbonyl (C=O) groups excluding carboxylic acids is 2. The van der Waals surface area contributed by atoms with Crippen LogP contribution < -0.4 is 9.47 Å². The number of aliphatic hydroxyl groups excluding tert-OH is 1. The molecular weight excluding hydrogens is 617 g/mol. The van der Waals surface area contributed by atoms with Crippen molar-refractivity contribution < 1.29 is 28.9 Å². The highest BCUT2D eigenvalue weighted by molar-refractivity contribution is 14.1.